The molecule has 0 saturated carbocycles. The van der Waals surface area contributed by atoms with E-state index in [4.69, 9.17) is 4.52 Å². The first kappa shape index (κ1) is 17.7. The molecule has 9 nitrogen and oxygen atoms in total. The monoisotopic (exact) mass is 372 g/mol. The fraction of sp³-hybridized carbons (Fsp3) is 0.611. The maximum absolute atomic E-state index is 12.7. The Morgan fingerprint density at radius 1 is 1.26 bits per heavy atom. The van der Waals surface area contributed by atoms with Gasteiger partial charge in [-0.05, 0) is 25.7 Å². The molecule has 2 aromatic heterocycles. The maximum Gasteiger partial charge on any atom is 0.269 e. The molecule has 1 amide bonds. The first-order chi connectivity index (χ1) is 13.1. The summed E-state index contributed by atoms with van der Waals surface area (Å²) >= 11 is 0. The molecule has 0 spiro atoms. The molecule has 144 valence electrons. The van der Waals surface area contributed by atoms with Gasteiger partial charge in [-0.3, -0.25) is 9.59 Å². The van der Waals surface area contributed by atoms with E-state index in [1.807, 2.05) is 0 Å². The van der Waals surface area contributed by atoms with Gasteiger partial charge >= 0.3 is 0 Å². The fourth-order valence-electron chi connectivity index (χ4n) is 3.81. The van der Waals surface area contributed by atoms with Gasteiger partial charge in [0, 0.05) is 45.1 Å². The first-order valence-electron chi connectivity index (χ1n) is 9.50. The van der Waals surface area contributed by atoms with Crippen molar-refractivity contribution in [3.8, 4) is 0 Å². The molecule has 2 aliphatic heterocycles. The molecule has 2 aliphatic rings. The molecule has 0 aromatic carbocycles. The number of carbonyl (C=O) groups is 1. The summed E-state index contributed by atoms with van der Waals surface area (Å²) in [7, 11) is 0. The molecule has 2 saturated heterocycles. The highest BCUT2D eigenvalue weighted by atomic mass is 16.5. The molecule has 27 heavy (non-hydrogen) atoms. The van der Waals surface area contributed by atoms with E-state index < -0.39 is 0 Å². The third-order valence-corrected chi connectivity index (χ3v) is 5.29. The number of nitrogens with zero attached hydrogens (tertiary/aromatic N) is 6. The number of carbonyl (C=O) groups excluding carboxylic acids is 1. The molecular weight excluding hydrogens is 348 g/mol. The van der Waals surface area contributed by atoms with Crippen molar-refractivity contribution in [1.29, 1.82) is 0 Å². The SMILES string of the molecule is Cc1nc(C2CCCN(C(=O)Cn3ncc(N4CCCC4)cc3=O)C2)no1. The summed E-state index contributed by atoms with van der Waals surface area (Å²) < 4.78 is 6.29. The smallest absolute Gasteiger partial charge is 0.269 e. The largest absolute Gasteiger partial charge is 0.370 e. The molecule has 1 atom stereocenters. The van der Waals surface area contributed by atoms with Gasteiger partial charge in [-0.25, -0.2) is 4.68 Å². The number of aryl methyl sites for hydroxylation is 1. The Hall–Kier alpha value is -2.71. The van der Waals surface area contributed by atoms with Crippen LogP contribution in [0, 0.1) is 6.92 Å². The molecule has 2 aromatic rings. The summed E-state index contributed by atoms with van der Waals surface area (Å²) in [5, 5.41) is 8.20. The van der Waals surface area contributed by atoms with Gasteiger partial charge in [-0.15, -0.1) is 0 Å². The molecule has 0 aliphatic carbocycles. The summed E-state index contributed by atoms with van der Waals surface area (Å²) in [6.07, 6.45) is 5.75. The van der Waals surface area contributed by atoms with Gasteiger partial charge in [0.05, 0.1) is 11.9 Å². The number of hydrogen-bond donors (Lipinski definition) is 0. The van der Waals surface area contributed by atoms with E-state index in [2.05, 4.69) is 20.1 Å². The van der Waals surface area contributed by atoms with Crippen LogP contribution in [0.5, 0.6) is 0 Å². The average Bonchev–Trinajstić information content (AvgIpc) is 3.35. The molecule has 4 rings (SSSR count). The molecule has 0 radical (unpaired) electrons. The van der Waals surface area contributed by atoms with Crippen LogP contribution in [0.15, 0.2) is 21.6 Å². The van der Waals surface area contributed by atoms with Gasteiger partial charge in [0.2, 0.25) is 11.8 Å². The van der Waals surface area contributed by atoms with Crippen LogP contribution in [0.3, 0.4) is 0 Å². The van der Waals surface area contributed by atoms with Crippen LogP contribution < -0.4 is 10.5 Å². The van der Waals surface area contributed by atoms with Gasteiger partial charge < -0.3 is 14.3 Å². The highest BCUT2D eigenvalue weighted by molar-refractivity contribution is 5.76. The number of aromatic nitrogens is 4. The van der Waals surface area contributed by atoms with Crippen LogP contribution in [0.2, 0.25) is 0 Å². The van der Waals surface area contributed by atoms with Crippen molar-refractivity contribution >= 4 is 11.6 Å². The van der Waals surface area contributed by atoms with E-state index >= 15 is 0 Å². The van der Waals surface area contributed by atoms with Crippen LogP contribution in [0.4, 0.5) is 5.69 Å². The standard InChI is InChI=1S/C18H24N6O3/c1-13-20-18(21-27-13)14-5-4-8-23(11-14)17(26)12-24-16(25)9-15(10-19-24)22-6-2-3-7-22/h9-10,14H,2-8,11-12H2,1H3. The minimum atomic E-state index is -0.241. The minimum absolute atomic E-state index is 0.0445. The lowest BCUT2D eigenvalue weighted by molar-refractivity contribution is -0.133. The topological polar surface area (TPSA) is 97.4 Å². The van der Waals surface area contributed by atoms with E-state index in [0.717, 1.165) is 44.5 Å². The summed E-state index contributed by atoms with van der Waals surface area (Å²) in [6.45, 7) is 4.83. The van der Waals surface area contributed by atoms with Gasteiger partial charge in [0.25, 0.3) is 5.56 Å². The molecule has 0 N–H and O–H groups in total. The van der Waals surface area contributed by atoms with Crippen molar-refractivity contribution in [3.63, 3.8) is 0 Å². The first-order valence-corrected chi connectivity index (χ1v) is 9.50. The second kappa shape index (κ2) is 7.50. The Morgan fingerprint density at radius 3 is 2.78 bits per heavy atom. The molecule has 2 fully saturated rings. The minimum Gasteiger partial charge on any atom is -0.370 e. The lowest BCUT2D eigenvalue weighted by Crippen LogP contribution is -2.42. The zero-order valence-corrected chi connectivity index (χ0v) is 15.5. The van der Waals surface area contributed by atoms with Gasteiger partial charge in [0.15, 0.2) is 5.82 Å². The maximum atomic E-state index is 12.7. The molecule has 0 bridgehead atoms. The summed E-state index contributed by atoms with van der Waals surface area (Å²) in [6, 6.07) is 1.58. The van der Waals surface area contributed by atoms with E-state index in [0.29, 0.717) is 24.8 Å². The lowest BCUT2D eigenvalue weighted by atomic mass is 9.97. The Morgan fingerprint density at radius 2 is 2.07 bits per heavy atom. The van der Waals surface area contributed by atoms with Crippen LogP contribution in [0.1, 0.15) is 43.3 Å². The Kier molecular flexibility index (Phi) is 4.91. The number of anilines is 1. The van der Waals surface area contributed by atoms with Crippen LogP contribution in [-0.4, -0.2) is 56.9 Å². The van der Waals surface area contributed by atoms with Gasteiger partial charge in [-0.2, -0.15) is 10.1 Å². The number of amides is 1. The normalized spacial score (nSPS) is 20.3. The summed E-state index contributed by atoms with van der Waals surface area (Å²) in [5.41, 5.74) is 0.599. The van der Waals surface area contributed by atoms with E-state index in [1.165, 1.54) is 4.68 Å². The van der Waals surface area contributed by atoms with Crippen LogP contribution in [0.25, 0.3) is 0 Å². The number of likely N-dealkylation sites (tertiary alicyclic amines) is 1. The van der Waals surface area contributed by atoms with Crippen LogP contribution in [-0.2, 0) is 11.3 Å². The predicted octanol–water partition coefficient (Wildman–Crippen LogP) is 0.941. The zero-order valence-electron chi connectivity index (χ0n) is 15.5. The van der Waals surface area contributed by atoms with E-state index in [9.17, 15) is 9.59 Å². The predicted molar refractivity (Wildman–Crippen MR) is 97.5 cm³/mol. The molecule has 1 unspecified atom stereocenters. The van der Waals surface area contributed by atoms with Crippen molar-refractivity contribution in [2.45, 2.75) is 45.1 Å². The van der Waals surface area contributed by atoms with Crippen molar-refractivity contribution in [1.82, 2.24) is 24.8 Å². The Balaban J connectivity index is 1.41. The Labute approximate surface area is 157 Å². The van der Waals surface area contributed by atoms with Crippen LogP contribution >= 0.6 is 0 Å². The number of piperidine rings is 1. The lowest BCUT2D eigenvalue weighted by Gasteiger charge is -2.31. The molecular formula is C18H24N6O3. The van der Waals surface area contributed by atoms with Crippen molar-refractivity contribution in [2.75, 3.05) is 31.1 Å². The summed E-state index contributed by atoms with van der Waals surface area (Å²) in [5.74, 6) is 1.14. The highest BCUT2D eigenvalue weighted by Crippen LogP contribution is 2.25. The Bertz CT molecular complexity index is 870. The number of hydrogen-bond acceptors (Lipinski definition) is 7. The van der Waals surface area contributed by atoms with E-state index in [-0.39, 0.29) is 23.9 Å². The van der Waals surface area contributed by atoms with E-state index in [1.54, 1.807) is 24.1 Å². The average molecular weight is 372 g/mol. The van der Waals surface area contributed by atoms with Crippen molar-refractivity contribution in [2.24, 2.45) is 0 Å². The van der Waals surface area contributed by atoms with Gasteiger partial charge in [0.1, 0.15) is 6.54 Å². The van der Waals surface area contributed by atoms with Crippen molar-refractivity contribution in [3.05, 3.63) is 34.3 Å². The molecule has 4 heterocycles. The second-order valence-corrected chi connectivity index (χ2v) is 7.25. The molecule has 9 heteroatoms. The van der Waals surface area contributed by atoms with Gasteiger partial charge in [-0.1, -0.05) is 5.16 Å². The van der Waals surface area contributed by atoms with Crippen molar-refractivity contribution < 1.29 is 9.32 Å². The number of rotatable bonds is 4. The zero-order chi connectivity index (χ0) is 18.8. The summed E-state index contributed by atoms with van der Waals surface area (Å²) in [4.78, 5) is 33.3. The third kappa shape index (κ3) is 3.86. The quantitative estimate of drug-likeness (QED) is 0.788. The highest BCUT2D eigenvalue weighted by Gasteiger charge is 2.28. The third-order valence-electron chi connectivity index (χ3n) is 5.29. The fourth-order valence-corrected chi connectivity index (χ4v) is 3.81. The second-order valence-electron chi connectivity index (χ2n) is 7.25.